The number of urea groups is 1. The number of alkyl halides is 3. The smallest absolute Gasteiger partial charge is 0.424 e. The van der Waals surface area contributed by atoms with Crippen LogP contribution in [0.3, 0.4) is 0 Å². The van der Waals surface area contributed by atoms with Gasteiger partial charge in [0.05, 0.1) is 0 Å². The van der Waals surface area contributed by atoms with E-state index in [1.807, 2.05) is 6.07 Å². The molecule has 0 radical (unpaired) electrons. The second kappa shape index (κ2) is 6.28. The molecule has 138 valence electrons. The summed E-state index contributed by atoms with van der Waals surface area (Å²) in [6.07, 6.45) is -5.04. The van der Waals surface area contributed by atoms with E-state index in [0.29, 0.717) is 5.69 Å². The number of ether oxygens (including phenoxy) is 2. The highest BCUT2D eigenvalue weighted by molar-refractivity contribution is 6.30. The first-order valence-corrected chi connectivity index (χ1v) is 7.87. The van der Waals surface area contributed by atoms with Crippen molar-refractivity contribution in [3.05, 3.63) is 52.5 Å². The second-order valence-electron chi connectivity index (χ2n) is 5.87. The summed E-state index contributed by atoms with van der Waals surface area (Å²) in [5, 5.41) is 4.24. The topological polar surface area (TPSA) is 59.6 Å². The van der Waals surface area contributed by atoms with E-state index in [1.54, 1.807) is 31.3 Å². The molecule has 0 saturated heterocycles. The highest BCUT2D eigenvalue weighted by Gasteiger charge is 2.65. The van der Waals surface area contributed by atoms with Gasteiger partial charge in [-0.25, -0.2) is 4.79 Å². The van der Waals surface area contributed by atoms with E-state index >= 15 is 0 Å². The normalized spacial score (nSPS) is 18.5. The molecule has 9 heteroatoms. The van der Waals surface area contributed by atoms with E-state index in [0.717, 1.165) is 11.1 Å². The number of benzene rings is 2. The van der Waals surface area contributed by atoms with Crippen molar-refractivity contribution in [2.75, 3.05) is 5.32 Å². The minimum absolute atomic E-state index is 0.171. The molecule has 1 aliphatic heterocycles. The maximum atomic E-state index is 13.6. The molecule has 0 spiro atoms. The third-order valence-corrected chi connectivity index (χ3v) is 3.78. The molecule has 26 heavy (non-hydrogen) atoms. The van der Waals surface area contributed by atoms with Gasteiger partial charge in [0.25, 0.3) is 0 Å². The predicted octanol–water partition coefficient (Wildman–Crippen LogP) is 4.77. The average Bonchev–Trinajstić information content (AvgIpc) is 2.83. The molecule has 0 aromatic heterocycles. The monoisotopic (exact) mass is 386 g/mol. The Morgan fingerprint density at radius 3 is 2.27 bits per heavy atom. The first-order valence-electron chi connectivity index (χ1n) is 7.50. The molecule has 2 amide bonds. The Bertz CT molecular complexity index is 853. The molecule has 0 saturated carbocycles. The molecule has 2 aromatic carbocycles. The number of fused-ring (bicyclic) bond motifs is 1. The summed E-state index contributed by atoms with van der Waals surface area (Å²) in [6.45, 7) is 3.60. The van der Waals surface area contributed by atoms with Gasteiger partial charge in [-0.15, -0.1) is 0 Å². The van der Waals surface area contributed by atoms with Gasteiger partial charge in [-0.2, -0.15) is 13.2 Å². The summed E-state index contributed by atoms with van der Waals surface area (Å²) in [4.78, 5) is 12.2. The van der Waals surface area contributed by atoms with E-state index in [-0.39, 0.29) is 16.5 Å². The average molecular weight is 387 g/mol. The first-order chi connectivity index (χ1) is 12.1. The zero-order chi connectivity index (χ0) is 19.1. The van der Waals surface area contributed by atoms with Crippen molar-refractivity contribution < 1.29 is 27.4 Å². The highest BCUT2D eigenvalue weighted by atomic mass is 35.5. The van der Waals surface area contributed by atoms with Crippen LogP contribution in [0.4, 0.5) is 23.7 Å². The maximum Gasteiger partial charge on any atom is 0.492 e. The van der Waals surface area contributed by atoms with Crippen LogP contribution in [-0.4, -0.2) is 18.1 Å². The van der Waals surface area contributed by atoms with Crippen LogP contribution in [0.15, 0.2) is 36.4 Å². The summed E-state index contributed by atoms with van der Waals surface area (Å²) in [5.74, 6) is -3.75. The lowest BCUT2D eigenvalue weighted by Gasteiger charge is -2.29. The van der Waals surface area contributed by atoms with Crippen LogP contribution in [-0.2, 0) is 0 Å². The van der Waals surface area contributed by atoms with E-state index in [1.165, 1.54) is 18.2 Å². The largest absolute Gasteiger partial charge is 0.492 e. The number of nitrogens with one attached hydrogen (secondary N) is 2. The molecule has 0 fully saturated rings. The number of carbonyl (C=O) groups is 1. The van der Waals surface area contributed by atoms with Crippen molar-refractivity contribution in [1.82, 2.24) is 5.32 Å². The molecule has 1 atom stereocenters. The second-order valence-corrected chi connectivity index (χ2v) is 6.30. The fourth-order valence-electron chi connectivity index (χ4n) is 2.57. The molecule has 0 unspecified atom stereocenters. The number of hydrogen-bond acceptors (Lipinski definition) is 3. The van der Waals surface area contributed by atoms with Crippen LogP contribution in [0, 0.1) is 13.8 Å². The van der Waals surface area contributed by atoms with Gasteiger partial charge < -0.3 is 14.8 Å². The fourth-order valence-corrected chi connectivity index (χ4v) is 2.73. The van der Waals surface area contributed by atoms with Crippen LogP contribution >= 0.6 is 11.6 Å². The lowest BCUT2D eigenvalue weighted by molar-refractivity contribution is -0.317. The van der Waals surface area contributed by atoms with E-state index in [4.69, 9.17) is 21.1 Å². The highest BCUT2D eigenvalue weighted by Crippen LogP contribution is 2.46. The molecule has 0 bridgehead atoms. The van der Waals surface area contributed by atoms with Crippen molar-refractivity contribution in [2.45, 2.75) is 25.9 Å². The summed E-state index contributed by atoms with van der Waals surface area (Å²) >= 11 is 5.76. The van der Waals surface area contributed by atoms with Crippen molar-refractivity contribution >= 4 is 23.3 Å². The van der Waals surface area contributed by atoms with Gasteiger partial charge in [0, 0.05) is 16.8 Å². The zero-order valence-electron chi connectivity index (χ0n) is 13.7. The van der Waals surface area contributed by atoms with Gasteiger partial charge in [0.15, 0.2) is 11.5 Å². The summed E-state index contributed by atoms with van der Waals surface area (Å²) in [6, 6.07) is 7.74. The SMILES string of the molecule is Cc1cc(C)cc(NC(=O)N[C@]2(C(F)(F)F)Oc3ccc(Cl)cc3O2)c1. The number of hydrogen-bond donors (Lipinski definition) is 2. The van der Waals surface area contributed by atoms with Gasteiger partial charge >= 0.3 is 18.1 Å². The molecule has 0 aliphatic carbocycles. The Morgan fingerprint density at radius 1 is 1.04 bits per heavy atom. The molecule has 1 aliphatic rings. The van der Waals surface area contributed by atoms with Crippen molar-refractivity contribution in [1.29, 1.82) is 0 Å². The molecule has 1 heterocycles. The minimum atomic E-state index is -5.04. The molecule has 5 nitrogen and oxygen atoms in total. The number of aryl methyl sites for hydroxylation is 2. The molecule has 3 rings (SSSR count). The lowest BCUT2D eigenvalue weighted by atomic mass is 10.1. The third kappa shape index (κ3) is 3.50. The number of anilines is 1. The van der Waals surface area contributed by atoms with Gasteiger partial charge in [-0.1, -0.05) is 17.7 Å². The zero-order valence-corrected chi connectivity index (χ0v) is 14.5. The first kappa shape index (κ1) is 18.2. The standard InChI is InChI=1S/C17H14ClF3N2O3/c1-9-5-10(2)7-12(6-9)22-15(24)23-17(16(19,20)21)25-13-4-3-11(18)8-14(13)26-17/h3-8H,1-2H3,(H2,22,23,24)/t17-/m1/s1. The number of carbonyl (C=O) groups excluding carboxylic acids is 1. The summed E-state index contributed by atoms with van der Waals surface area (Å²) < 4.78 is 50.5. The third-order valence-electron chi connectivity index (χ3n) is 3.54. The Labute approximate surface area is 152 Å². The molecule has 2 N–H and O–H groups in total. The Hall–Kier alpha value is -2.61. The Balaban J connectivity index is 1.83. The van der Waals surface area contributed by atoms with E-state index < -0.39 is 18.1 Å². The van der Waals surface area contributed by atoms with Crippen molar-refractivity contribution in [3.63, 3.8) is 0 Å². The number of rotatable bonds is 2. The predicted molar refractivity (Wildman–Crippen MR) is 89.6 cm³/mol. The van der Waals surface area contributed by atoms with Crippen LogP contribution < -0.4 is 20.1 Å². The van der Waals surface area contributed by atoms with Gasteiger partial charge in [-0.05, 0) is 49.2 Å². The van der Waals surface area contributed by atoms with Crippen LogP contribution in [0.5, 0.6) is 11.5 Å². The molecule has 2 aromatic rings. The van der Waals surface area contributed by atoms with E-state index in [9.17, 15) is 18.0 Å². The number of halogens is 4. The van der Waals surface area contributed by atoms with Gasteiger partial charge in [0.2, 0.25) is 0 Å². The molecular formula is C17H14ClF3N2O3. The molecular weight excluding hydrogens is 373 g/mol. The van der Waals surface area contributed by atoms with Gasteiger partial charge in [0.1, 0.15) is 0 Å². The van der Waals surface area contributed by atoms with Crippen LogP contribution in [0.1, 0.15) is 11.1 Å². The van der Waals surface area contributed by atoms with E-state index in [2.05, 4.69) is 5.32 Å². The van der Waals surface area contributed by atoms with Crippen molar-refractivity contribution in [3.8, 4) is 11.5 Å². The van der Waals surface area contributed by atoms with Crippen LogP contribution in [0.25, 0.3) is 0 Å². The van der Waals surface area contributed by atoms with Crippen molar-refractivity contribution in [2.24, 2.45) is 0 Å². The lowest BCUT2D eigenvalue weighted by Crippen LogP contribution is -2.65. The van der Waals surface area contributed by atoms with Crippen LogP contribution in [0.2, 0.25) is 5.02 Å². The summed E-state index contributed by atoms with van der Waals surface area (Å²) in [7, 11) is 0. The minimum Gasteiger partial charge on any atom is -0.424 e. The summed E-state index contributed by atoms with van der Waals surface area (Å²) in [5.41, 5.74) is 2.04. The number of amides is 2. The van der Waals surface area contributed by atoms with Gasteiger partial charge in [-0.3, -0.25) is 5.32 Å². The Kier molecular flexibility index (Phi) is 4.39. The maximum absolute atomic E-state index is 13.6. The Morgan fingerprint density at radius 2 is 1.65 bits per heavy atom. The fraction of sp³-hybridized carbons (Fsp3) is 0.235. The quantitative estimate of drug-likeness (QED) is 0.782.